The molecule has 57 heavy (non-hydrogen) atoms. The lowest BCUT2D eigenvalue weighted by Crippen LogP contribution is -1.94. The molecule has 0 saturated heterocycles. The van der Waals surface area contributed by atoms with E-state index in [4.69, 9.17) is 9.60 Å². The van der Waals surface area contributed by atoms with Crippen LogP contribution in [0.4, 0.5) is 0 Å². The van der Waals surface area contributed by atoms with Crippen molar-refractivity contribution in [2.24, 2.45) is 0 Å². The van der Waals surface area contributed by atoms with Crippen molar-refractivity contribution < 1.29 is 16.4 Å². The Kier molecular flexibility index (Phi) is 4.36. The summed E-state index contributed by atoms with van der Waals surface area (Å²) in [7, 11) is 0. The van der Waals surface area contributed by atoms with Crippen molar-refractivity contribution >= 4 is 86.4 Å². The van der Waals surface area contributed by atoms with Gasteiger partial charge in [-0.15, -0.1) is 0 Å². The predicted molar refractivity (Wildman–Crippen MR) is 244 cm³/mol. The van der Waals surface area contributed by atoms with Gasteiger partial charge in [-0.25, -0.2) is 0 Å². The highest BCUT2D eigenvalue weighted by molar-refractivity contribution is 6.28. The molecule has 1 heterocycles. The van der Waals surface area contributed by atoms with Crippen LogP contribution in [0.3, 0.4) is 0 Å². The Morgan fingerprint density at radius 2 is 0.912 bits per heavy atom. The zero-order valence-corrected chi connectivity index (χ0v) is 30.1. The Labute approximate surface area is 345 Å². The third-order valence-corrected chi connectivity index (χ3v) is 11.8. The summed E-state index contributed by atoms with van der Waals surface area (Å²) in [5.74, 6) is 0. The average molecular weight is 732 g/mol. The van der Waals surface area contributed by atoms with Crippen molar-refractivity contribution in [1.29, 1.82) is 0 Å². The molecule has 13 rings (SSSR count). The standard InChI is InChI=1S/C56H33N/c1-2-14-42(15-3-1)57-51-18-5-4-16-45(51)50-32-40(26-30-52(50)57)44-28-25-39(43-27-23-38-22-20-34-9-6-10-36-24-29-47(43)56(38)53(34)36)31-48(44)49-33-41-13-7-11-35-19-21-37-12-8-17-46(49)55(37)54(35)41/h1-33H/i1D,2D,3D,4D,5D,14D,15D,16D,18D,26D,30D,32D. The highest BCUT2D eigenvalue weighted by Crippen LogP contribution is 2.47. The number of aromatic nitrogens is 1. The van der Waals surface area contributed by atoms with Gasteiger partial charge in [0.05, 0.1) is 27.5 Å². The summed E-state index contributed by atoms with van der Waals surface area (Å²) in [6.45, 7) is 0. The molecule has 0 aliphatic carbocycles. The third kappa shape index (κ3) is 4.34. The summed E-state index contributed by atoms with van der Waals surface area (Å²) in [5.41, 5.74) is 2.80. The summed E-state index contributed by atoms with van der Waals surface area (Å²) in [6.07, 6.45) is 0. The maximum absolute atomic E-state index is 10.2. The van der Waals surface area contributed by atoms with Crippen LogP contribution in [0.1, 0.15) is 16.4 Å². The molecular weight excluding hydrogens is 687 g/mol. The van der Waals surface area contributed by atoms with E-state index in [1.54, 1.807) is 0 Å². The first-order valence-corrected chi connectivity index (χ1v) is 18.9. The van der Waals surface area contributed by atoms with Crippen molar-refractivity contribution in [3.8, 4) is 39.1 Å². The van der Waals surface area contributed by atoms with Crippen molar-refractivity contribution in [1.82, 2.24) is 4.57 Å². The molecule has 0 spiro atoms. The highest BCUT2D eigenvalue weighted by atomic mass is 15.0. The van der Waals surface area contributed by atoms with Crippen LogP contribution in [0.15, 0.2) is 200 Å². The number of benzene rings is 12. The van der Waals surface area contributed by atoms with Crippen LogP contribution < -0.4 is 0 Å². The van der Waals surface area contributed by atoms with Gasteiger partial charge in [0.2, 0.25) is 0 Å². The molecule has 0 atom stereocenters. The van der Waals surface area contributed by atoms with Gasteiger partial charge in [0.15, 0.2) is 0 Å². The van der Waals surface area contributed by atoms with Gasteiger partial charge < -0.3 is 4.57 Å². The van der Waals surface area contributed by atoms with Crippen LogP contribution >= 0.6 is 0 Å². The van der Waals surface area contributed by atoms with E-state index >= 15 is 0 Å². The number of hydrogen-bond acceptors (Lipinski definition) is 0. The van der Waals surface area contributed by atoms with E-state index in [1.165, 1.54) is 5.39 Å². The second-order valence-electron chi connectivity index (χ2n) is 14.7. The molecule has 1 heteroatoms. The second-order valence-corrected chi connectivity index (χ2v) is 14.7. The van der Waals surface area contributed by atoms with Gasteiger partial charge >= 0.3 is 0 Å². The van der Waals surface area contributed by atoms with Gasteiger partial charge in [-0.3, -0.25) is 0 Å². The molecule has 0 radical (unpaired) electrons. The predicted octanol–water partition coefficient (Wildman–Crippen LogP) is 15.6. The lowest BCUT2D eigenvalue weighted by molar-refractivity contribution is 1.18. The molecule has 0 aliphatic heterocycles. The molecule has 0 saturated carbocycles. The molecule has 0 bridgehead atoms. The maximum atomic E-state index is 10.2. The van der Waals surface area contributed by atoms with E-state index in [-0.39, 0.29) is 33.4 Å². The van der Waals surface area contributed by atoms with Crippen LogP contribution in [0.2, 0.25) is 0 Å². The summed E-state index contributed by atoms with van der Waals surface area (Å²) in [5, 5.41) is 12.6. The number of para-hydroxylation sites is 2. The Morgan fingerprint density at radius 1 is 0.333 bits per heavy atom. The van der Waals surface area contributed by atoms with E-state index in [0.29, 0.717) is 11.1 Å². The molecule has 0 aliphatic rings. The van der Waals surface area contributed by atoms with Crippen molar-refractivity contribution in [2.45, 2.75) is 0 Å². The molecule has 262 valence electrons. The van der Waals surface area contributed by atoms with Gasteiger partial charge in [0.25, 0.3) is 0 Å². The van der Waals surface area contributed by atoms with Crippen LogP contribution in [0.5, 0.6) is 0 Å². The molecular formula is C56H33N. The quantitative estimate of drug-likeness (QED) is 0.159. The van der Waals surface area contributed by atoms with Gasteiger partial charge in [-0.2, -0.15) is 0 Å². The first kappa shape index (κ1) is 21.6. The average Bonchev–Trinajstić information content (AvgIpc) is 3.73. The number of rotatable bonds is 4. The third-order valence-electron chi connectivity index (χ3n) is 11.8. The molecule has 1 nitrogen and oxygen atoms in total. The fourth-order valence-electron chi connectivity index (χ4n) is 9.35. The SMILES string of the molecule is [2H]c1c([2H])c([2H])c(-n2c3c([2H])c([2H])c([2H])c([2H])c3c3c([2H])c(-c4ccc(-c5ccc6ccc7cccc8ccc5c6c78)cc4-c4cc5cccc6ccc7cccc4c7c65)c([2H])c([2H])c32)c([2H])c1[2H]. The highest BCUT2D eigenvalue weighted by Gasteiger charge is 2.20. The molecule has 12 aromatic carbocycles. The molecule has 0 N–H and O–H groups in total. The molecule has 0 amide bonds. The van der Waals surface area contributed by atoms with Crippen LogP contribution in [0.25, 0.3) is 126 Å². The van der Waals surface area contributed by atoms with Gasteiger partial charge in [-0.1, -0.05) is 158 Å². The minimum atomic E-state index is -0.690. The second kappa shape index (κ2) is 11.5. The van der Waals surface area contributed by atoms with E-state index in [0.717, 1.165) is 80.5 Å². The topological polar surface area (TPSA) is 4.93 Å². The van der Waals surface area contributed by atoms with Crippen molar-refractivity contribution in [2.75, 3.05) is 0 Å². The lowest BCUT2D eigenvalue weighted by atomic mass is 9.84. The minimum absolute atomic E-state index is 0.0297. The molecule has 0 unspecified atom stereocenters. The van der Waals surface area contributed by atoms with E-state index < -0.39 is 72.2 Å². The first-order valence-electron chi connectivity index (χ1n) is 24.9. The van der Waals surface area contributed by atoms with Crippen LogP contribution in [-0.2, 0) is 0 Å². The Hall–Kier alpha value is -7.48. The van der Waals surface area contributed by atoms with E-state index in [2.05, 4.69) is 103 Å². The fourth-order valence-corrected chi connectivity index (χ4v) is 9.35. The smallest absolute Gasteiger partial charge is 0.0645 e. The van der Waals surface area contributed by atoms with Crippen molar-refractivity contribution in [3.05, 3.63) is 200 Å². The number of fused-ring (bicyclic) bond motifs is 3. The maximum Gasteiger partial charge on any atom is 0.0645 e. The first-order chi connectivity index (χ1) is 33.3. The van der Waals surface area contributed by atoms with Gasteiger partial charge in [0.1, 0.15) is 0 Å². The summed E-state index contributed by atoms with van der Waals surface area (Å²) < 4.78 is 110. The lowest BCUT2D eigenvalue weighted by Gasteiger charge is -2.19. The molecule has 0 fully saturated rings. The summed E-state index contributed by atoms with van der Waals surface area (Å²) >= 11 is 0. The van der Waals surface area contributed by atoms with Crippen LogP contribution in [-0.4, -0.2) is 4.57 Å². The van der Waals surface area contributed by atoms with E-state index in [9.17, 15) is 6.85 Å². The van der Waals surface area contributed by atoms with Gasteiger partial charge in [-0.05, 0) is 140 Å². The van der Waals surface area contributed by atoms with Crippen LogP contribution in [0, 0.1) is 0 Å². The molecule has 1 aromatic heterocycles. The Balaban J connectivity index is 1.19. The normalized spacial score (nSPS) is 15.2. The largest absolute Gasteiger partial charge is 0.309 e. The minimum Gasteiger partial charge on any atom is -0.309 e. The summed E-state index contributed by atoms with van der Waals surface area (Å²) in [4.78, 5) is 0. The van der Waals surface area contributed by atoms with E-state index in [1.807, 2.05) is 24.3 Å². The van der Waals surface area contributed by atoms with Crippen molar-refractivity contribution in [3.63, 3.8) is 0 Å². The Bertz CT molecular complexity index is 4410. The fraction of sp³-hybridized carbons (Fsp3) is 0. The number of hydrogen-bond donors (Lipinski definition) is 0. The monoisotopic (exact) mass is 731 g/mol. The molecule has 13 aromatic rings. The zero-order valence-electron chi connectivity index (χ0n) is 42.1. The summed E-state index contributed by atoms with van der Waals surface area (Å²) in [6, 6.07) is 36.7. The van der Waals surface area contributed by atoms with Gasteiger partial charge in [0, 0.05) is 16.5 Å². The zero-order chi connectivity index (χ0) is 47.6. The Morgan fingerprint density at radius 3 is 1.70 bits per heavy atom. The number of nitrogens with zero attached hydrogens (tertiary/aromatic N) is 1.